The van der Waals surface area contributed by atoms with Crippen LogP contribution in [0.25, 0.3) is 0 Å². The maximum atomic E-state index is 14.2. The molecule has 47 heavy (non-hydrogen) atoms. The number of hydrogen-bond donors (Lipinski definition) is 2. The van der Waals surface area contributed by atoms with Crippen molar-refractivity contribution in [3.05, 3.63) is 83.9 Å². The van der Waals surface area contributed by atoms with Crippen molar-refractivity contribution < 1.29 is 37.4 Å². The number of carbonyl (C=O) groups is 4. The summed E-state index contributed by atoms with van der Waals surface area (Å²) in [5.74, 6) is -2.89. The third kappa shape index (κ3) is 11.4. The quantitative estimate of drug-likeness (QED) is 0.216. The smallest absolute Gasteiger partial charge is 0.319 e. The Labute approximate surface area is 274 Å². The van der Waals surface area contributed by atoms with Crippen molar-refractivity contribution in [1.29, 1.82) is 0 Å². The summed E-state index contributed by atoms with van der Waals surface area (Å²) in [5, 5.41) is 5.24. The standard InChI is InChI=1S/C35H42F2N4O6/c1-23(2)17-18-41(28-15-7-8-16-29(28)46-22-31(43)40(6)33-26(36)13-10-14-27(33)37)30(42)21-38-34(45)39-25-12-9-11-24(19-25)20-32(44)47-35(3,4)5/h7-16,19,23H,17-18,20-22H2,1-6H3,(H2,38,39,45). The minimum atomic E-state index is -0.892. The molecule has 12 heteroatoms. The molecule has 3 aromatic rings. The first kappa shape index (κ1) is 36.5. The van der Waals surface area contributed by atoms with Crippen LogP contribution in [0.2, 0.25) is 0 Å². The number of hydrogen-bond acceptors (Lipinski definition) is 6. The van der Waals surface area contributed by atoms with Crippen LogP contribution >= 0.6 is 0 Å². The van der Waals surface area contributed by atoms with Crippen LogP contribution in [-0.2, 0) is 25.5 Å². The van der Waals surface area contributed by atoms with Crippen molar-refractivity contribution in [3.63, 3.8) is 0 Å². The number of halogens is 2. The van der Waals surface area contributed by atoms with E-state index in [1.807, 2.05) is 13.8 Å². The van der Waals surface area contributed by atoms with Crippen LogP contribution in [0.4, 0.5) is 30.6 Å². The molecule has 0 saturated heterocycles. The van der Waals surface area contributed by atoms with E-state index >= 15 is 0 Å². The number of esters is 1. The summed E-state index contributed by atoms with van der Waals surface area (Å²) in [5.41, 5.74) is 0.321. The van der Waals surface area contributed by atoms with Crippen LogP contribution in [-0.4, -0.2) is 56.2 Å². The van der Waals surface area contributed by atoms with E-state index in [-0.39, 0.29) is 24.6 Å². The van der Waals surface area contributed by atoms with Gasteiger partial charge in [0.05, 0.1) is 18.7 Å². The van der Waals surface area contributed by atoms with Gasteiger partial charge >= 0.3 is 12.0 Å². The first-order valence-electron chi connectivity index (χ1n) is 15.2. The number of benzene rings is 3. The highest BCUT2D eigenvalue weighted by atomic mass is 19.1. The first-order chi connectivity index (χ1) is 22.1. The lowest BCUT2D eigenvalue weighted by atomic mass is 10.1. The largest absolute Gasteiger partial charge is 0.482 e. The summed E-state index contributed by atoms with van der Waals surface area (Å²) in [6, 6.07) is 16.0. The molecule has 3 aromatic carbocycles. The number of urea groups is 1. The fourth-order valence-corrected chi connectivity index (χ4v) is 4.47. The maximum absolute atomic E-state index is 14.2. The van der Waals surface area contributed by atoms with Gasteiger partial charge < -0.3 is 29.9 Å². The highest BCUT2D eigenvalue weighted by Crippen LogP contribution is 2.29. The van der Waals surface area contributed by atoms with Crippen LogP contribution < -0.4 is 25.2 Å². The monoisotopic (exact) mass is 652 g/mol. The third-order valence-electron chi connectivity index (χ3n) is 6.74. The lowest BCUT2D eigenvalue weighted by molar-refractivity contribution is -0.153. The van der Waals surface area contributed by atoms with Crippen molar-refractivity contribution in [2.75, 3.05) is 41.9 Å². The van der Waals surface area contributed by atoms with Gasteiger partial charge in [-0.25, -0.2) is 13.6 Å². The minimum Gasteiger partial charge on any atom is -0.482 e. The highest BCUT2D eigenvalue weighted by molar-refractivity contribution is 5.99. The molecule has 0 aliphatic heterocycles. The molecule has 0 atom stereocenters. The highest BCUT2D eigenvalue weighted by Gasteiger charge is 2.23. The number of nitrogens with zero attached hydrogens (tertiary/aromatic N) is 2. The van der Waals surface area contributed by atoms with Gasteiger partial charge in [-0.15, -0.1) is 0 Å². The van der Waals surface area contributed by atoms with Gasteiger partial charge in [0.25, 0.3) is 5.91 Å². The predicted molar refractivity (Wildman–Crippen MR) is 177 cm³/mol. The number of rotatable bonds is 13. The summed E-state index contributed by atoms with van der Waals surface area (Å²) < 4.78 is 39.6. The van der Waals surface area contributed by atoms with Gasteiger partial charge in [0.15, 0.2) is 6.61 Å². The van der Waals surface area contributed by atoms with E-state index in [1.54, 1.807) is 69.3 Å². The predicted octanol–water partition coefficient (Wildman–Crippen LogP) is 6.09. The first-order valence-corrected chi connectivity index (χ1v) is 15.2. The van der Waals surface area contributed by atoms with E-state index in [0.29, 0.717) is 29.9 Å². The third-order valence-corrected chi connectivity index (χ3v) is 6.74. The van der Waals surface area contributed by atoms with E-state index in [4.69, 9.17) is 9.47 Å². The van der Waals surface area contributed by atoms with Gasteiger partial charge in [-0.05, 0) is 75.1 Å². The fourth-order valence-electron chi connectivity index (χ4n) is 4.47. The Hall–Kier alpha value is -5.00. The van der Waals surface area contributed by atoms with Crippen LogP contribution in [0.1, 0.15) is 46.6 Å². The Morgan fingerprint density at radius 3 is 2.21 bits per heavy atom. The maximum Gasteiger partial charge on any atom is 0.319 e. The molecule has 10 nitrogen and oxygen atoms in total. The Morgan fingerprint density at radius 2 is 1.55 bits per heavy atom. The van der Waals surface area contributed by atoms with Crippen molar-refractivity contribution >= 4 is 40.9 Å². The van der Waals surface area contributed by atoms with E-state index < -0.39 is 53.3 Å². The van der Waals surface area contributed by atoms with Crippen LogP contribution in [0.15, 0.2) is 66.7 Å². The number of nitrogens with one attached hydrogen (secondary N) is 2. The van der Waals surface area contributed by atoms with Gasteiger partial charge in [0, 0.05) is 19.3 Å². The van der Waals surface area contributed by atoms with Gasteiger partial charge in [0.2, 0.25) is 5.91 Å². The Balaban J connectivity index is 1.67. The molecule has 0 aliphatic rings. The molecule has 0 spiro atoms. The van der Waals surface area contributed by atoms with Gasteiger partial charge in [-0.3, -0.25) is 14.4 Å². The van der Waals surface area contributed by atoms with Crippen molar-refractivity contribution in [1.82, 2.24) is 5.32 Å². The molecule has 0 aliphatic carbocycles. The summed E-state index contributed by atoms with van der Waals surface area (Å²) in [6.45, 7) is 8.73. The van der Waals surface area contributed by atoms with E-state index in [9.17, 15) is 28.0 Å². The van der Waals surface area contributed by atoms with Gasteiger partial charge in [-0.2, -0.15) is 0 Å². The zero-order valence-electron chi connectivity index (χ0n) is 27.6. The SMILES string of the molecule is CC(C)CCN(C(=O)CNC(=O)Nc1cccc(CC(=O)OC(C)(C)C)c1)c1ccccc1OCC(=O)N(C)c1c(F)cccc1F. The number of para-hydroxylation sites is 3. The molecule has 0 saturated carbocycles. The second-order valence-corrected chi connectivity index (χ2v) is 12.3. The second kappa shape index (κ2) is 16.5. The molecule has 0 fully saturated rings. The molecule has 4 amide bonds. The van der Waals surface area contributed by atoms with Crippen LogP contribution in [0.3, 0.4) is 0 Å². The van der Waals surface area contributed by atoms with Crippen LogP contribution in [0.5, 0.6) is 5.75 Å². The average Bonchev–Trinajstić information content (AvgIpc) is 2.98. The van der Waals surface area contributed by atoms with Crippen LogP contribution in [0, 0.1) is 17.6 Å². The minimum absolute atomic E-state index is 0.0289. The topological polar surface area (TPSA) is 117 Å². The lowest BCUT2D eigenvalue weighted by Crippen LogP contribution is -2.42. The molecule has 0 aromatic heterocycles. The second-order valence-electron chi connectivity index (χ2n) is 12.3. The van der Waals surface area contributed by atoms with Gasteiger partial charge in [0.1, 0.15) is 28.7 Å². The normalized spacial score (nSPS) is 11.1. The number of carbonyl (C=O) groups excluding carboxylic acids is 4. The number of anilines is 3. The lowest BCUT2D eigenvalue weighted by Gasteiger charge is -2.26. The molecule has 0 heterocycles. The van der Waals surface area contributed by atoms with E-state index in [2.05, 4.69) is 10.6 Å². The number of ether oxygens (including phenoxy) is 2. The summed E-state index contributed by atoms with van der Waals surface area (Å²) in [4.78, 5) is 53.5. The molecule has 0 bridgehead atoms. The molecule has 252 valence electrons. The average molecular weight is 653 g/mol. The summed E-state index contributed by atoms with van der Waals surface area (Å²) in [7, 11) is 1.24. The Bertz CT molecular complexity index is 1550. The molecule has 2 N–H and O–H groups in total. The van der Waals surface area contributed by atoms with E-state index in [0.717, 1.165) is 17.0 Å². The molecular formula is C35H42F2N4O6. The number of amides is 4. The molecule has 0 radical (unpaired) electrons. The van der Waals surface area contributed by atoms with Crippen molar-refractivity contribution in [2.45, 2.75) is 53.1 Å². The number of likely N-dealkylation sites (N-methyl/N-ethyl adjacent to an activating group) is 1. The Morgan fingerprint density at radius 1 is 0.894 bits per heavy atom. The van der Waals surface area contributed by atoms with Crippen molar-refractivity contribution in [2.24, 2.45) is 5.92 Å². The van der Waals surface area contributed by atoms with Gasteiger partial charge in [-0.1, -0.05) is 44.2 Å². The summed E-state index contributed by atoms with van der Waals surface area (Å²) in [6.07, 6.45) is 0.659. The van der Waals surface area contributed by atoms with Crippen molar-refractivity contribution in [3.8, 4) is 5.75 Å². The zero-order chi connectivity index (χ0) is 34.7. The zero-order valence-corrected chi connectivity index (χ0v) is 27.6. The Kier molecular flexibility index (Phi) is 12.8. The van der Waals surface area contributed by atoms with E-state index in [1.165, 1.54) is 18.0 Å². The fraction of sp³-hybridized carbons (Fsp3) is 0.371. The molecule has 0 unspecified atom stereocenters. The summed E-state index contributed by atoms with van der Waals surface area (Å²) >= 11 is 0. The molecular weight excluding hydrogens is 610 g/mol. The molecule has 3 rings (SSSR count).